The van der Waals surface area contributed by atoms with E-state index in [9.17, 15) is 14.0 Å². The number of hydrogen-bond acceptors (Lipinski definition) is 5. The number of hydrogen-bond donors (Lipinski definition) is 1. The Morgan fingerprint density at radius 1 is 1.12 bits per heavy atom. The third kappa shape index (κ3) is 6.28. The van der Waals surface area contributed by atoms with Crippen molar-refractivity contribution in [1.29, 1.82) is 0 Å². The van der Waals surface area contributed by atoms with E-state index < -0.39 is 12.1 Å². The Morgan fingerprint density at radius 2 is 1.85 bits per heavy atom. The Hall–Kier alpha value is -3.00. The number of carbonyl (C=O) groups excluding carboxylic acids is 2. The molecule has 2 heterocycles. The highest BCUT2D eigenvalue weighted by molar-refractivity contribution is 7.18. The molecule has 1 saturated heterocycles. The van der Waals surface area contributed by atoms with E-state index in [2.05, 4.69) is 10.3 Å². The molecule has 174 valence electrons. The predicted octanol–water partition coefficient (Wildman–Crippen LogP) is 4.73. The summed E-state index contributed by atoms with van der Waals surface area (Å²) in [5, 5.41) is 3.55. The number of carbonyl (C=O) groups is 2. The molecule has 0 spiro atoms. The molecule has 0 saturated carbocycles. The summed E-state index contributed by atoms with van der Waals surface area (Å²) < 4.78 is 19.1. The molecule has 1 aromatic heterocycles. The molecule has 2 aromatic carbocycles. The molecule has 4 rings (SSSR count). The van der Waals surface area contributed by atoms with Crippen LogP contribution in [0.5, 0.6) is 0 Å². The van der Waals surface area contributed by atoms with E-state index in [0.717, 1.165) is 33.6 Å². The van der Waals surface area contributed by atoms with E-state index in [-0.39, 0.29) is 19.2 Å². The molecule has 1 atom stereocenters. The average molecular weight is 470 g/mol. The van der Waals surface area contributed by atoms with Crippen molar-refractivity contribution in [2.75, 3.05) is 19.8 Å². The molecule has 1 aliphatic heterocycles. The summed E-state index contributed by atoms with van der Waals surface area (Å²) in [6.07, 6.45) is 1.76. The van der Waals surface area contributed by atoms with E-state index in [0.29, 0.717) is 31.8 Å². The third-order valence-electron chi connectivity index (χ3n) is 5.96. The quantitative estimate of drug-likeness (QED) is 0.518. The van der Waals surface area contributed by atoms with Gasteiger partial charge in [0, 0.05) is 19.5 Å². The third-order valence-corrected chi connectivity index (χ3v) is 7.02. The summed E-state index contributed by atoms with van der Waals surface area (Å²) >= 11 is 1.52. The lowest BCUT2D eigenvalue weighted by Gasteiger charge is -2.34. The van der Waals surface area contributed by atoms with E-state index in [1.54, 1.807) is 4.90 Å². The number of thiazole rings is 1. The fourth-order valence-corrected chi connectivity index (χ4v) is 5.12. The van der Waals surface area contributed by atoms with Gasteiger partial charge in [0.2, 0.25) is 5.91 Å². The summed E-state index contributed by atoms with van der Waals surface area (Å²) in [7, 11) is 0. The van der Waals surface area contributed by atoms with Gasteiger partial charge in [0.1, 0.15) is 12.6 Å². The van der Waals surface area contributed by atoms with Crippen LogP contribution >= 0.6 is 11.3 Å². The highest BCUT2D eigenvalue weighted by Gasteiger charge is 2.30. The number of nitrogens with zero attached hydrogens (tertiary/aromatic N) is 2. The van der Waals surface area contributed by atoms with Gasteiger partial charge in [0.05, 0.1) is 21.9 Å². The first-order valence-corrected chi connectivity index (χ1v) is 12.1. The van der Waals surface area contributed by atoms with E-state index in [4.69, 9.17) is 4.74 Å². The minimum atomic E-state index is -0.772. The molecular formula is C25H28FN3O3S. The Morgan fingerprint density at radius 3 is 2.58 bits per heavy atom. The van der Waals surface area contributed by atoms with E-state index in [1.165, 1.54) is 11.3 Å². The van der Waals surface area contributed by atoms with Crippen LogP contribution in [-0.2, 0) is 22.6 Å². The van der Waals surface area contributed by atoms with Crippen LogP contribution in [0.15, 0.2) is 54.6 Å². The SMILES string of the molecule is O=C(N[C@@H](Cc1nc2ccccc2s1)C(=O)N1CCC(CCF)CC1)OCc1ccccc1. The number of amides is 2. The number of rotatable bonds is 8. The van der Waals surface area contributed by atoms with Crippen molar-refractivity contribution in [3.05, 3.63) is 65.2 Å². The molecule has 6 nitrogen and oxygen atoms in total. The van der Waals surface area contributed by atoms with E-state index in [1.807, 2.05) is 54.6 Å². The fraction of sp³-hybridized carbons (Fsp3) is 0.400. The first kappa shape index (κ1) is 23.2. The van der Waals surface area contributed by atoms with Gasteiger partial charge in [-0.2, -0.15) is 0 Å². The standard InChI is InChI=1S/C25H28FN3O3S/c26-13-10-18-11-14-29(15-12-18)24(30)21(16-23-27-20-8-4-5-9-22(20)33-23)28-25(31)32-17-19-6-2-1-3-7-19/h1-9,18,21H,10-17H2,(H,28,31)/t21-/m0/s1. The summed E-state index contributed by atoms with van der Waals surface area (Å²) in [5.41, 5.74) is 1.75. The van der Waals surface area contributed by atoms with Gasteiger partial charge in [-0.15, -0.1) is 11.3 Å². The molecule has 1 aliphatic rings. The number of fused-ring (bicyclic) bond motifs is 1. The normalized spacial score (nSPS) is 15.4. The molecule has 2 amide bonds. The molecule has 33 heavy (non-hydrogen) atoms. The van der Waals surface area contributed by atoms with Crippen LogP contribution in [0.4, 0.5) is 9.18 Å². The van der Waals surface area contributed by atoms with Crippen molar-refractivity contribution in [2.45, 2.75) is 38.3 Å². The Bertz CT molecular complexity index is 1030. The van der Waals surface area contributed by atoms with Crippen molar-refractivity contribution < 1.29 is 18.7 Å². The number of para-hydroxylation sites is 1. The monoisotopic (exact) mass is 469 g/mol. The summed E-state index contributed by atoms with van der Waals surface area (Å²) in [6.45, 7) is 0.943. The number of halogens is 1. The highest BCUT2D eigenvalue weighted by Crippen LogP contribution is 2.24. The van der Waals surface area contributed by atoms with Gasteiger partial charge >= 0.3 is 6.09 Å². The lowest BCUT2D eigenvalue weighted by molar-refractivity contribution is -0.134. The summed E-state index contributed by atoms with van der Waals surface area (Å²) in [5.74, 6) is 0.162. The summed E-state index contributed by atoms with van der Waals surface area (Å²) in [6, 6.07) is 16.4. The molecule has 1 fully saturated rings. The molecule has 0 unspecified atom stereocenters. The summed E-state index contributed by atoms with van der Waals surface area (Å²) in [4.78, 5) is 32.3. The lowest BCUT2D eigenvalue weighted by atomic mass is 9.93. The van der Waals surface area contributed by atoms with Gasteiger partial charge in [-0.25, -0.2) is 9.78 Å². The number of alkyl halides is 1. The van der Waals surface area contributed by atoms with Gasteiger partial charge in [0.25, 0.3) is 0 Å². The minimum Gasteiger partial charge on any atom is -0.445 e. The highest BCUT2D eigenvalue weighted by atomic mass is 32.1. The van der Waals surface area contributed by atoms with E-state index >= 15 is 0 Å². The van der Waals surface area contributed by atoms with Crippen LogP contribution < -0.4 is 5.32 Å². The first-order chi connectivity index (χ1) is 16.1. The van der Waals surface area contributed by atoms with Crippen LogP contribution in [0.25, 0.3) is 10.2 Å². The second-order valence-corrected chi connectivity index (χ2v) is 9.40. The molecule has 8 heteroatoms. The van der Waals surface area contributed by atoms with Crippen LogP contribution in [0.1, 0.15) is 29.8 Å². The zero-order chi connectivity index (χ0) is 23.0. The zero-order valence-electron chi connectivity index (χ0n) is 18.4. The Balaban J connectivity index is 1.43. The minimum absolute atomic E-state index is 0.128. The van der Waals surface area contributed by atoms with Gasteiger partial charge < -0.3 is 15.0 Å². The second kappa shape index (κ2) is 11.2. The van der Waals surface area contributed by atoms with Gasteiger partial charge in [-0.05, 0) is 42.9 Å². The molecular weight excluding hydrogens is 441 g/mol. The smallest absolute Gasteiger partial charge is 0.408 e. The van der Waals surface area contributed by atoms with Crippen LogP contribution in [0.2, 0.25) is 0 Å². The van der Waals surface area contributed by atoms with Crippen molar-refractivity contribution >= 4 is 33.6 Å². The number of nitrogens with one attached hydrogen (secondary N) is 1. The Kier molecular flexibility index (Phi) is 7.88. The van der Waals surface area contributed by atoms with Crippen LogP contribution in [-0.4, -0.2) is 47.7 Å². The topological polar surface area (TPSA) is 71.5 Å². The maximum atomic E-state index is 13.4. The number of piperidine rings is 1. The molecule has 1 N–H and O–H groups in total. The molecule has 3 aromatic rings. The lowest BCUT2D eigenvalue weighted by Crippen LogP contribution is -2.51. The number of benzene rings is 2. The van der Waals surface area contributed by atoms with Gasteiger partial charge in [-0.3, -0.25) is 9.18 Å². The number of likely N-dealkylation sites (tertiary alicyclic amines) is 1. The number of ether oxygens (including phenoxy) is 1. The number of alkyl carbamates (subject to hydrolysis) is 1. The van der Waals surface area contributed by atoms with Crippen molar-refractivity contribution in [3.8, 4) is 0 Å². The van der Waals surface area contributed by atoms with Crippen LogP contribution in [0.3, 0.4) is 0 Å². The molecule has 0 bridgehead atoms. The fourth-order valence-electron chi connectivity index (χ4n) is 4.11. The zero-order valence-corrected chi connectivity index (χ0v) is 19.2. The van der Waals surface area contributed by atoms with Crippen molar-refractivity contribution in [1.82, 2.24) is 15.2 Å². The largest absolute Gasteiger partial charge is 0.445 e. The van der Waals surface area contributed by atoms with Crippen molar-refractivity contribution in [2.24, 2.45) is 5.92 Å². The molecule has 0 aliphatic carbocycles. The van der Waals surface area contributed by atoms with Crippen molar-refractivity contribution in [3.63, 3.8) is 0 Å². The Labute approximate surface area is 196 Å². The van der Waals surface area contributed by atoms with Gasteiger partial charge in [-0.1, -0.05) is 42.5 Å². The second-order valence-electron chi connectivity index (χ2n) is 8.28. The maximum absolute atomic E-state index is 13.4. The van der Waals surface area contributed by atoms with Crippen LogP contribution in [0, 0.1) is 5.92 Å². The predicted molar refractivity (Wildman–Crippen MR) is 127 cm³/mol. The van der Waals surface area contributed by atoms with Gasteiger partial charge in [0.15, 0.2) is 0 Å². The number of aromatic nitrogens is 1. The maximum Gasteiger partial charge on any atom is 0.408 e. The molecule has 0 radical (unpaired) electrons. The average Bonchev–Trinajstić information content (AvgIpc) is 3.26. The first-order valence-electron chi connectivity index (χ1n) is 11.3.